The Balaban J connectivity index is 2.08. The molecule has 0 aliphatic heterocycles. The van der Waals surface area contributed by atoms with Crippen LogP contribution in [0, 0.1) is 11.3 Å². The Morgan fingerprint density at radius 1 is 1.45 bits per heavy atom. The van der Waals surface area contributed by atoms with Crippen molar-refractivity contribution in [2.45, 2.75) is 37.8 Å². The molecule has 7 nitrogen and oxygen atoms in total. The summed E-state index contributed by atoms with van der Waals surface area (Å²) < 4.78 is 0. The average molecular weight is 296 g/mol. The summed E-state index contributed by atoms with van der Waals surface area (Å²) in [5.74, 6) is 0.443. The minimum absolute atomic E-state index is 0.0380. The number of nitrogens with zero attached hydrogens (tertiary/aromatic N) is 3. The zero-order valence-electron chi connectivity index (χ0n) is 10.6. The Labute approximate surface area is 121 Å². The van der Waals surface area contributed by atoms with Gasteiger partial charge in [0.15, 0.2) is 10.8 Å². The van der Waals surface area contributed by atoms with Crippen LogP contribution >= 0.6 is 11.6 Å². The van der Waals surface area contributed by atoms with E-state index < -0.39 is 6.09 Å². The standard InChI is InChI=1S/C12H14ClN5O2/c13-11-9(5-14)15-6-10(18-11)16-7-3-1-2-4-8(7)17-12(19)20/h6-8,17H,1-4H2,(H,16,18)(H,19,20)/t7-,8+/m1/s1. The van der Waals surface area contributed by atoms with Crippen LogP contribution in [-0.2, 0) is 0 Å². The fourth-order valence-electron chi connectivity index (χ4n) is 2.34. The maximum absolute atomic E-state index is 10.8. The molecule has 8 heteroatoms. The fourth-order valence-corrected chi connectivity index (χ4v) is 2.52. The second-order valence-electron chi connectivity index (χ2n) is 4.60. The summed E-state index contributed by atoms with van der Waals surface area (Å²) in [5.41, 5.74) is 0.0704. The molecule has 20 heavy (non-hydrogen) atoms. The van der Waals surface area contributed by atoms with E-state index in [0.29, 0.717) is 5.82 Å². The number of carboxylic acid groups (broad SMARTS) is 1. The fraction of sp³-hybridized carbons (Fsp3) is 0.500. The van der Waals surface area contributed by atoms with E-state index in [0.717, 1.165) is 25.7 Å². The number of carbonyl (C=O) groups is 1. The Bertz CT molecular complexity index is 545. The first-order chi connectivity index (χ1) is 9.60. The third-order valence-electron chi connectivity index (χ3n) is 3.24. The van der Waals surface area contributed by atoms with Gasteiger partial charge in [0.2, 0.25) is 0 Å². The van der Waals surface area contributed by atoms with Gasteiger partial charge in [-0.25, -0.2) is 14.8 Å². The maximum Gasteiger partial charge on any atom is 0.404 e. The lowest BCUT2D eigenvalue weighted by Gasteiger charge is -2.32. The van der Waals surface area contributed by atoms with Crippen molar-refractivity contribution in [2.24, 2.45) is 0 Å². The molecule has 1 fully saturated rings. The van der Waals surface area contributed by atoms with Crippen molar-refractivity contribution < 1.29 is 9.90 Å². The van der Waals surface area contributed by atoms with Gasteiger partial charge in [-0.15, -0.1) is 0 Å². The van der Waals surface area contributed by atoms with Crippen LogP contribution in [0.25, 0.3) is 0 Å². The van der Waals surface area contributed by atoms with Crippen LogP contribution < -0.4 is 10.6 Å². The number of halogens is 1. The molecule has 0 saturated heterocycles. The van der Waals surface area contributed by atoms with Gasteiger partial charge < -0.3 is 15.7 Å². The summed E-state index contributed by atoms with van der Waals surface area (Å²) in [7, 11) is 0. The molecule has 1 saturated carbocycles. The third kappa shape index (κ3) is 3.48. The van der Waals surface area contributed by atoms with Crippen LogP contribution in [0.2, 0.25) is 5.15 Å². The predicted molar refractivity (Wildman–Crippen MR) is 72.6 cm³/mol. The van der Waals surface area contributed by atoms with Crippen molar-refractivity contribution in [1.29, 1.82) is 5.26 Å². The predicted octanol–water partition coefficient (Wildman–Crippen LogP) is 1.99. The number of anilines is 1. The van der Waals surface area contributed by atoms with E-state index in [4.69, 9.17) is 22.0 Å². The number of nitrogens with one attached hydrogen (secondary N) is 2. The lowest BCUT2D eigenvalue weighted by Crippen LogP contribution is -2.48. The van der Waals surface area contributed by atoms with Crippen LogP contribution in [0.4, 0.5) is 10.6 Å². The van der Waals surface area contributed by atoms with Crippen LogP contribution in [0.3, 0.4) is 0 Å². The Morgan fingerprint density at radius 3 is 2.75 bits per heavy atom. The molecular formula is C12H14ClN5O2. The highest BCUT2D eigenvalue weighted by atomic mass is 35.5. The van der Waals surface area contributed by atoms with Crippen LogP contribution in [0.15, 0.2) is 6.20 Å². The quantitative estimate of drug-likeness (QED) is 0.786. The van der Waals surface area contributed by atoms with E-state index in [-0.39, 0.29) is 22.9 Å². The topological polar surface area (TPSA) is 111 Å². The SMILES string of the molecule is N#Cc1ncc(N[C@@H]2CCCC[C@@H]2NC(=O)O)nc1Cl. The number of aromatic nitrogens is 2. The molecule has 1 heterocycles. The molecule has 0 radical (unpaired) electrons. The van der Waals surface area contributed by atoms with Crippen LogP contribution in [0.5, 0.6) is 0 Å². The summed E-state index contributed by atoms with van der Waals surface area (Å²) in [5, 5.41) is 23.3. The van der Waals surface area contributed by atoms with E-state index in [9.17, 15) is 4.79 Å². The van der Waals surface area contributed by atoms with Gasteiger partial charge in [-0.3, -0.25) is 0 Å². The lowest BCUT2D eigenvalue weighted by molar-refractivity contribution is 0.184. The van der Waals surface area contributed by atoms with Gasteiger partial charge in [0.1, 0.15) is 11.9 Å². The van der Waals surface area contributed by atoms with Crippen molar-refractivity contribution in [1.82, 2.24) is 15.3 Å². The molecule has 1 aromatic heterocycles. The second kappa shape index (κ2) is 6.39. The van der Waals surface area contributed by atoms with E-state index in [1.165, 1.54) is 6.20 Å². The van der Waals surface area contributed by atoms with Crippen molar-refractivity contribution in [3.05, 3.63) is 17.0 Å². The van der Waals surface area contributed by atoms with Gasteiger partial charge in [0, 0.05) is 6.04 Å². The minimum Gasteiger partial charge on any atom is -0.465 e. The number of nitriles is 1. The van der Waals surface area contributed by atoms with Crippen molar-refractivity contribution in [2.75, 3.05) is 5.32 Å². The van der Waals surface area contributed by atoms with Crippen LogP contribution in [-0.4, -0.2) is 33.3 Å². The second-order valence-corrected chi connectivity index (χ2v) is 4.96. The van der Waals surface area contributed by atoms with E-state index in [2.05, 4.69) is 20.6 Å². The summed E-state index contributed by atoms with van der Waals surface area (Å²) >= 11 is 5.82. The van der Waals surface area contributed by atoms with Crippen molar-refractivity contribution in [3.8, 4) is 6.07 Å². The zero-order chi connectivity index (χ0) is 14.5. The molecule has 3 N–H and O–H groups in total. The molecule has 1 aliphatic carbocycles. The molecule has 0 aromatic carbocycles. The molecule has 0 bridgehead atoms. The molecular weight excluding hydrogens is 282 g/mol. The maximum atomic E-state index is 10.8. The smallest absolute Gasteiger partial charge is 0.404 e. The van der Waals surface area contributed by atoms with Crippen molar-refractivity contribution >= 4 is 23.5 Å². The molecule has 1 amide bonds. The Hall–Kier alpha value is -2.07. The monoisotopic (exact) mass is 295 g/mol. The largest absolute Gasteiger partial charge is 0.465 e. The summed E-state index contributed by atoms with van der Waals surface area (Å²) in [6, 6.07) is 1.61. The highest BCUT2D eigenvalue weighted by Crippen LogP contribution is 2.22. The van der Waals surface area contributed by atoms with Gasteiger partial charge in [0.25, 0.3) is 0 Å². The molecule has 0 spiro atoms. The van der Waals surface area contributed by atoms with Gasteiger partial charge >= 0.3 is 6.09 Å². The number of rotatable bonds is 3. The number of hydrogen-bond donors (Lipinski definition) is 3. The van der Waals surface area contributed by atoms with Crippen LogP contribution in [0.1, 0.15) is 31.4 Å². The Kier molecular flexibility index (Phi) is 4.58. The molecule has 2 atom stereocenters. The highest BCUT2D eigenvalue weighted by molar-refractivity contribution is 6.30. The first-order valence-corrected chi connectivity index (χ1v) is 6.66. The summed E-state index contributed by atoms with van der Waals surface area (Å²) in [6.45, 7) is 0. The summed E-state index contributed by atoms with van der Waals surface area (Å²) in [4.78, 5) is 18.7. The molecule has 1 aromatic rings. The van der Waals surface area contributed by atoms with Gasteiger partial charge in [-0.2, -0.15) is 5.26 Å². The molecule has 0 unspecified atom stereocenters. The lowest BCUT2D eigenvalue weighted by atomic mass is 9.90. The van der Waals surface area contributed by atoms with Crippen molar-refractivity contribution in [3.63, 3.8) is 0 Å². The van der Waals surface area contributed by atoms with Gasteiger partial charge in [-0.05, 0) is 12.8 Å². The van der Waals surface area contributed by atoms with Gasteiger partial charge in [-0.1, -0.05) is 24.4 Å². The Morgan fingerprint density at radius 2 is 2.15 bits per heavy atom. The highest BCUT2D eigenvalue weighted by Gasteiger charge is 2.26. The number of amides is 1. The minimum atomic E-state index is -1.03. The van der Waals surface area contributed by atoms with E-state index in [1.54, 1.807) is 0 Å². The normalized spacial score (nSPS) is 21.8. The average Bonchev–Trinajstić information content (AvgIpc) is 2.41. The molecule has 1 aliphatic rings. The third-order valence-corrected chi connectivity index (χ3v) is 3.51. The van der Waals surface area contributed by atoms with Gasteiger partial charge in [0.05, 0.1) is 12.2 Å². The molecule has 2 rings (SSSR count). The van der Waals surface area contributed by atoms with E-state index in [1.807, 2.05) is 6.07 Å². The van der Waals surface area contributed by atoms with E-state index >= 15 is 0 Å². The number of hydrogen-bond acceptors (Lipinski definition) is 5. The summed E-state index contributed by atoms with van der Waals surface area (Å²) in [6.07, 6.45) is 4.02. The first-order valence-electron chi connectivity index (χ1n) is 6.29. The zero-order valence-corrected chi connectivity index (χ0v) is 11.4. The molecule has 106 valence electrons. The first kappa shape index (κ1) is 14.3.